The monoisotopic (exact) mass is 282 g/mol. The first-order valence-corrected chi connectivity index (χ1v) is 6.31. The average Bonchev–Trinajstić information content (AvgIpc) is 2.18. The second-order valence-electron chi connectivity index (χ2n) is 2.89. The summed E-state index contributed by atoms with van der Waals surface area (Å²) in [5, 5.41) is 7.06. The fraction of sp³-hybridized carbons (Fsp3) is 0.125. The second-order valence-corrected chi connectivity index (χ2v) is 5.23. The number of carbonyl (C=O) groups excluding carboxylic acids is 1. The first-order valence-electron chi connectivity index (χ1n) is 4.01. The SMILES string of the molecule is CNC(=O)c1cc(Cl)cc(S(N)(=O)=O)c1Cl. The first kappa shape index (κ1) is 13.2. The van der Waals surface area contributed by atoms with Crippen LogP contribution in [0, 0.1) is 0 Å². The van der Waals surface area contributed by atoms with Crippen LogP contribution in [-0.2, 0) is 10.0 Å². The number of carbonyl (C=O) groups is 1. The van der Waals surface area contributed by atoms with E-state index in [-0.39, 0.29) is 20.5 Å². The number of hydrogen-bond acceptors (Lipinski definition) is 3. The van der Waals surface area contributed by atoms with E-state index in [1.165, 1.54) is 13.1 Å². The zero-order valence-corrected chi connectivity index (χ0v) is 10.4. The molecule has 0 aromatic heterocycles. The summed E-state index contributed by atoms with van der Waals surface area (Å²) in [4.78, 5) is 11.0. The topological polar surface area (TPSA) is 89.3 Å². The molecule has 0 atom stereocenters. The maximum absolute atomic E-state index is 11.4. The van der Waals surface area contributed by atoms with Gasteiger partial charge >= 0.3 is 0 Å². The number of nitrogens with two attached hydrogens (primary N) is 1. The molecule has 0 unspecified atom stereocenters. The Kier molecular flexibility index (Phi) is 3.80. The lowest BCUT2D eigenvalue weighted by atomic mass is 10.2. The third-order valence-corrected chi connectivity index (χ3v) is 3.45. The van der Waals surface area contributed by atoms with Crippen LogP contribution in [0.2, 0.25) is 10.0 Å². The lowest BCUT2D eigenvalue weighted by Gasteiger charge is -2.07. The van der Waals surface area contributed by atoms with Gasteiger partial charge in [-0.25, -0.2) is 13.6 Å². The van der Waals surface area contributed by atoms with E-state index >= 15 is 0 Å². The normalized spacial score (nSPS) is 11.2. The number of hydrogen-bond donors (Lipinski definition) is 2. The van der Waals surface area contributed by atoms with Gasteiger partial charge in [-0.2, -0.15) is 0 Å². The fourth-order valence-corrected chi connectivity index (χ4v) is 2.52. The van der Waals surface area contributed by atoms with E-state index in [1.807, 2.05) is 0 Å². The Balaban J connectivity index is 3.56. The van der Waals surface area contributed by atoms with Crippen molar-refractivity contribution < 1.29 is 13.2 Å². The summed E-state index contributed by atoms with van der Waals surface area (Å²) in [5.41, 5.74) is -0.0410. The molecule has 0 radical (unpaired) electrons. The van der Waals surface area contributed by atoms with E-state index in [4.69, 9.17) is 28.3 Å². The van der Waals surface area contributed by atoms with Crippen molar-refractivity contribution in [2.45, 2.75) is 4.90 Å². The van der Waals surface area contributed by atoms with E-state index in [0.717, 1.165) is 6.07 Å². The van der Waals surface area contributed by atoms with Gasteiger partial charge in [0.05, 0.1) is 10.6 Å². The van der Waals surface area contributed by atoms with Crippen LogP contribution in [0.15, 0.2) is 17.0 Å². The van der Waals surface area contributed by atoms with Gasteiger partial charge in [0.1, 0.15) is 4.90 Å². The van der Waals surface area contributed by atoms with Crippen molar-refractivity contribution in [3.63, 3.8) is 0 Å². The Bertz CT molecular complexity index is 542. The molecular formula is C8H8Cl2N2O3S. The minimum absolute atomic E-state index is 0.0410. The van der Waals surface area contributed by atoms with E-state index in [0.29, 0.717) is 0 Å². The number of rotatable bonds is 2. The number of amides is 1. The van der Waals surface area contributed by atoms with Gasteiger partial charge in [-0.15, -0.1) is 0 Å². The molecule has 1 rings (SSSR count). The predicted molar refractivity (Wildman–Crippen MR) is 61.2 cm³/mol. The number of primary sulfonamides is 1. The molecule has 8 heteroatoms. The fourth-order valence-electron chi connectivity index (χ4n) is 1.07. The van der Waals surface area contributed by atoms with Gasteiger partial charge in [-0.3, -0.25) is 4.79 Å². The van der Waals surface area contributed by atoms with Crippen molar-refractivity contribution in [2.24, 2.45) is 5.14 Å². The molecule has 0 spiro atoms. The van der Waals surface area contributed by atoms with E-state index in [2.05, 4.69) is 5.32 Å². The zero-order chi connectivity index (χ0) is 12.5. The van der Waals surface area contributed by atoms with Crippen molar-refractivity contribution in [1.82, 2.24) is 5.32 Å². The van der Waals surface area contributed by atoms with Crippen LogP contribution >= 0.6 is 23.2 Å². The molecular weight excluding hydrogens is 275 g/mol. The Labute approximate surface area is 103 Å². The quantitative estimate of drug-likeness (QED) is 0.848. The van der Waals surface area contributed by atoms with E-state index in [9.17, 15) is 13.2 Å². The molecule has 0 aliphatic rings. The van der Waals surface area contributed by atoms with Crippen molar-refractivity contribution in [3.8, 4) is 0 Å². The molecule has 0 aliphatic carbocycles. The molecule has 16 heavy (non-hydrogen) atoms. The van der Waals surface area contributed by atoms with Crippen LogP contribution in [0.4, 0.5) is 0 Å². The molecule has 5 nitrogen and oxygen atoms in total. The summed E-state index contributed by atoms with van der Waals surface area (Å²) in [7, 11) is -2.63. The highest BCUT2D eigenvalue weighted by Gasteiger charge is 2.20. The van der Waals surface area contributed by atoms with Crippen LogP contribution in [0.3, 0.4) is 0 Å². The van der Waals surface area contributed by atoms with Gasteiger partial charge in [0.25, 0.3) is 5.91 Å². The minimum Gasteiger partial charge on any atom is -0.355 e. The van der Waals surface area contributed by atoms with Crippen LogP contribution in [-0.4, -0.2) is 21.4 Å². The summed E-state index contributed by atoms with van der Waals surface area (Å²) < 4.78 is 22.3. The van der Waals surface area contributed by atoms with E-state index < -0.39 is 15.9 Å². The summed E-state index contributed by atoms with van der Waals surface area (Å²) in [5.74, 6) is -0.544. The highest BCUT2D eigenvalue weighted by Crippen LogP contribution is 2.28. The summed E-state index contributed by atoms with van der Waals surface area (Å²) in [6.45, 7) is 0. The Morgan fingerprint density at radius 2 is 1.94 bits per heavy atom. The maximum Gasteiger partial charge on any atom is 0.252 e. The highest BCUT2D eigenvalue weighted by molar-refractivity contribution is 7.89. The summed E-state index contributed by atoms with van der Waals surface area (Å²) in [6, 6.07) is 2.35. The zero-order valence-electron chi connectivity index (χ0n) is 8.12. The molecule has 1 aromatic rings. The minimum atomic E-state index is -4.02. The smallest absolute Gasteiger partial charge is 0.252 e. The summed E-state index contributed by atoms with van der Waals surface area (Å²) >= 11 is 11.4. The van der Waals surface area contributed by atoms with E-state index in [1.54, 1.807) is 0 Å². The molecule has 0 saturated carbocycles. The predicted octanol–water partition coefficient (Wildman–Crippen LogP) is 1.00. The molecule has 1 aromatic carbocycles. The molecule has 0 fully saturated rings. The van der Waals surface area contributed by atoms with Crippen LogP contribution in [0.25, 0.3) is 0 Å². The van der Waals surface area contributed by atoms with Gasteiger partial charge in [0, 0.05) is 12.1 Å². The number of benzene rings is 1. The second kappa shape index (κ2) is 4.58. The number of halogens is 2. The largest absolute Gasteiger partial charge is 0.355 e. The van der Waals surface area contributed by atoms with Crippen LogP contribution in [0.1, 0.15) is 10.4 Å². The third kappa shape index (κ3) is 2.65. The Hall–Kier alpha value is -0.820. The summed E-state index contributed by atoms with van der Waals surface area (Å²) in [6.07, 6.45) is 0. The van der Waals surface area contributed by atoms with Gasteiger partial charge in [-0.1, -0.05) is 23.2 Å². The molecule has 0 bridgehead atoms. The highest BCUT2D eigenvalue weighted by atomic mass is 35.5. The standard InChI is InChI=1S/C8H8Cl2N2O3S/c1-12-8(13)5-2-4(9)3-6(7(5)10)16(11,14)15/h2-3H,1H3,(H,12,13)(H2,11,14,15). The molecule has 3 N–H and O–H groups in total. The lowest BCUT2D eigenvalue weighted by molar-refractivity contribution is 0.0963. The van der Waals surface area contributed by atoms with Gasteiger partial charge < -0.3 is 5.32 Å². The average molecular weight is 283 g/mol. The van der Waals surface area contributed by atoms with Crippen molar-refractivity contribution >= 4 is 39.1 Å². The maximum atomic E-state index is 11.4. The number of sulfonamides is 1. The van der Waals surface area contributed by atoms with Gasteiger partial charge in [0.15, 0.2) is 0 Å². The molecule has 0 saturated heterocycles. The number of nitrogens with one attached hydrogen (secondary N) is 1. The molecule has 88 valence electrons. The first-order chi connectivity index (χ1) is 7.27. The Morgan fingerprint density at radius 3 is 2.38 bits per heavy atom. The Morgan fingerprint density at radius 1 is 1.38 bits per heavy atom. The molecule has 0 heterocycles. The third-order valence-electron chi connectivity index (χ3n) is 1.78. The molecule has 0 aliphatic heterocycles. The van der Waals surface area contributed by atoms with Crippen LogP contribution in [0.5, 0.6) is 0 Å². The lowest BCUT2D eigenvalue weighted by Crippen LogP contribution is -2.20. The van der Waals surface area contributed by atoms with Crippen molar-refractivity contribution in [3.05, 3.63) is 27.7 Å². The van der Waals surface area contributed by atoms with Crippen molar-refractivity contribution in [1.29, 1.82) is 0 Å². The van der Waals surface area contributed by atoms with Crippen molar-refractivity contribution in [2.75, 3.05) is 7.05 Å². The van der Waals surface area contributed by atoms with Gasteiger partial charge in [0.2, 0.25) is 10.0 Å². The van der Waals surface area contributed by atoms with Crippen LogP contribution < -0.4 is 10.5 Å². The van der Waals surface area contributed by atoms with Gasteiger partial charge in [-0.05, 0) is 12.1 Å². The molecule has 1 amide bonds.